The summed E-state index contributed by atoms with van der Waals surface area (Å²) in [6.07, 6.45) is 6.15. The van der Waals surface area contributed by atoms with Gasteiger partial charge in [0.25, 0.3) is 0 Å². The van der Waals surface area contributed by atoms with Crippen molar-refractivity contribution >= 4 is 17.5 Å². The average Bonchev–Trinajstić information content (AvgIpc) is 2.90. The molecule has 0 aromatic heterocycles. The smallest absolute Gasteiger partial charge is 0.227 e. The maximum absolute atomic E-state index is 12.5. The zero-order chi connectivity index (χ0) is 16.4. The van der Waals surface area contributed by atoms with E-state index < -0.39 is 0 Å². The summed E-state index contributed by atoms with van der Waals surface area (Å²) in [5.41, 5.74) is 3.16. The van der Waals surface area contributed by atoms with Gasteiger partial charge in [0.2, 0.25) is 11.8 Å². The molecule has 0 spiro atoms. The van der Waals surface area contributed by atoms with E-state index in [1.54, 1.807) is 4.90 Å². The molecule has 3 rings (SSSR count). The third-order valence-corrected chi connectivity index (χ3v) is 5.16. The number of carbonyl (C=O) groups is 2. The molecule has 1 N–H and O–H groups in total. The summed E-state index contributed by atoms with van der Waals surface area (Å²) < 4.78 is 0. The number of hydrogen-bond acceptors (Lipinski definition) is 2. The first-order chi connectivity index (χ1) is 11.1. The molecule has 1 aliphatic heterocycles. The van der Waals surface area contributed by atoms with Crippen LogP contribution in [0.2, 0.25) is 0 Å². The monoisotopic (exact) mass is 314 g/mol. The Morgan fingerprint density at radius 3 is 2.43 bits per heavy atom. The lowest BCUT2D eigenvalue weighted by Gasteiger charge is -2.25. The fourth-order valence-electron chi connectivity index (χ4n) is 3.90. The first-order valence-electron chi connectivity index (χ1n) is 8.73. The van der Waals surface area contributed by atoms with Crippen LogP contribution in [-0.4, -0.2) is 24.4 Å². The molecule has 1 aromatic rings. The molecule has 0 bridgehead atoms. The summed E-state index contributed by atoms with van der Waals surface area (Å²) in [5, 5.41) is 3.16. The van der Waals surface area contributed by atoms with Crippen molar-refractivity contribution in [2.45, 2.75) is 58.4 Å². The van der Waals surface area contributed by atoms with Gasteiger partial charge < -0.3 is 10.2 Å². The van der Waals surface area contributed by atoms with Crippen molar-refractivity contribution in [2.24, 2.45) is 5.92 Å². The van der Waals surface area contributed by atoms with E-state index in [9.17, 15) is 9.59 Å². The highest BCUT2D eigenvalue weighted by Crippen LogP contribution is 2.31. The van der Waals surface area contributed by atoms with Crippen LogP contribution < -0.4 is 10.2 Å². The number of nitrogens with one attached hydrogen (secondary N) is 1. The number of aryl methyl sites for hydroxylation is 2. The largest absolute Gasteiger partial charge is 0.353 e. The Kier molecular flexibility index (Phi) is 4.69. The number of carbonyl (C=O) groups excluding carboxylic acids is 2. The first-order valence-corrected chi connectivity index (χ1v) is 8.73. The molecular weight excluding hydrogens is 288 g/mol. The van der Waals surface area contributed by atoms with Crippen LogP contribution in [0.1, 0.15) is 49.7 Å². The Labute approximate surface area is 138 Å². The first kappa shape index (κ1) is 16.0. The minimum Gasteiger partial charge on any atom is -0.353 e. The van der Waals surface area contributed by atoms with Gasteiger partial charge in [-0.05, 0) is 37.8 Å². The van der Waals surface area contributed by atoms with Gasteiger partial charge in [0.1, 0.15) is 0 Å². The maximum atomic E-state index is 12.5. The highest BCUT2D eigenvalue weighted by Gasteiger charge is 2.36. The predicted molar refractivity (Wildman–Crippen MR) is 91.4 cm³/mol. The number of para-hydroxylation sites is 1. The second kappa shape index (κ2) is 6.73. The van der Waals surface area contributed by atoms with E-state index in [1.807, 2.05) is 32.0 Å². The molecule has 0 unspecified atom stereocenters. The summed E-state index contributed by atoms with van der Waals surface area (Å²) in [6.45, 7) is 4.54. The molecule has 1 saturated heterocycles. The van der Waals surface area contributed by atoms with Crippen LogP contribution in [-0.2, 0) is 9.59 Å². The van der Waals surface area contributed by atoms with Crippen molar-refractivity contribution < 1.29 is 9.59 Å². The van der Waals surface area contributed by atoms with Crippen molar-refractivity contribution in [1.82, 2.24) is 5.32 Å². The second-order valence-electron chi connectivity index (χ2n) is 6.99. The predicted octanol–water partition coefficient (Wildman–Crippen LogP) is 3.11. The molecule has 1 aromatic carbocycles. The Morgan fingerprint density at radius 2 is 1.78 bits per heavy atom. The van der Waals surface area contributed by atoms with E-state index in [0.29, 0.717) is 19.0 Å². The van der Waals surface area contributed by atoms with Crippen molar-refractivity contribution in [3.05, 3.63) is 29.3 Å². The molecule has 4 nitrogen and oxygen atoms in total. The van der Waals surface area contributed by atoms with E-state index in [0.717, 1.165) is 29.7 Å². The molecule has 2 fully saturated rings. The van der Waals surface area contributed by atoms with Crippen molar-refractivity contribution in [1.29, 1.82) is 0 Å². The molecule has 124 valence electrons. The minimum atomic E-state index is -0.219. The molecule has 2 amide bonds. The third kappa shape index (κ3) is 3.41. The molecule has 1 heterocycles. The fourth-order valence-corrected chi connectivity index (χ4v) is 3.90. The van der Waals surface area contributed by atoms with Gasteiger partial charge in [0.15, 0.2) is 0 Å². The number of nitrogens with zero attached hydrogens (tertiary/aromatic N) is 1. The number of benzene rings is 1. The van der Waals surface area contributed by atoms with E-state index in [2.05, 4.69) is 5.32 Å². The standard InChI is InChI=1S/C19H26N2O2/c1-13-7-6-8-14(2)18(13)21-12-15(11-17(21)22)19(23)20-16-9-4-3-5-10-16/h6-8,15-16H,3-5,9-12H2,1-2H3,(H,20,23)/t15-/m0/s1. The number of anilines is 1. The lowest BCUT2D eigenvalue weighted by molar-refractivity contribution is -0.127. The van der Waals surface area contributed by atoms with Gasteiger partial charge in [-0.25, -0.2) is 0 Å². The molecule has 0 radical (unpaired) electrons. The zero-order valence-corrected chi connectivity index (χ0v) is 14.1. The molecule has 2 aliphatic rings. The summed E-state index contributed by atoms with van der Waals surface area (Å²) >= 11 is 0. The Balaban J connectivity index is 1.68. The van der Waals surface area contributed by atoms with E-state index >= 15 is 0 Å². The second-order valence-corrected chi connectivity index (χ2v) is 6.99. The SMILES string of the molecule is Cc1cccc(C)c1N1C[C@@H](C(=O)NC2CCCCC2)CC1=O. The summed E-state index contributed by atoms with van der Waals surface area (Å²) in [4.78, 5) is 26.7. The quantitative estimate of drug-likeness (QED) is 0.932. The van der Waals surface area contributed by atoms with Gasteiger partial charge in [-0.15, -0.1) is 0 Å². The summed E-state index contributed by atoms with van der Waals surface area (Å²) in [7, 11) is 0. The van der Waals surface area contributed by atoms with Crippen LogP contribution in [0.4, 0.5) is 5.69 Å². The van der Waals surface area contributed by atoms with Crippen LogP contribution in [0.25, 0.3) is 0 Å². The highest BCUT2D eigenvalue weighted by atomic mass is 16.2. The Bertz CT molecular complexity index is 585. The number of rotatable bonds is 3. The van der Waals surface area contributed by atoms with Crippen LogP contribution >= 0.6 is 0 Å². The Hall–Kier alpha value is -1.84. The van der Waals surface area contributed by atoms with Gasteiger partial charge in [0.05, 0.1) is 5.92 Å². The van der Waals surface area contributed by atoms with Gasteiger partial charge in [0, 0.05) is 24.7 Å². The van der Waals surface area contributed by atoms with Gasteiger partial charge >= 0.3 is 0 Å². The van der Waals surface area contributed by atoms with Crippen LogP contribution in [0.5, 0.6) is 0 Å². The maximum Gasteiger partial charge on any atom is 0.227 e. The van der Waals surface area contributed by atoms with E-state index in [1.165, 1.54) is 19.3 Å². The van der Waals surface area contributed by atoms with E-state index in [-0.39, 0.29) is 17.7 Å². The third-order valence-electron chi connectivity index (χ3n) is 5.16. The van der Waals surface area contributed by atoms with Gasteiger partial charge in [-0.1, -0.05) is 37.5 Å². The zero-order valence-electron chi connectivity index (χ0n) is 14.1. The van der Waals surface area contributed by atoms with Crippen LogP contribution in [0.15, 0.2) is 18.2 Å². The molecule has 1 atom stereocenters. The number of amides is 2. The van der Waals surface area contributed by atoms with Crippen molar-refractivity contribution in [2.75, 3.05) is 11.4 Å². The average molecular weight is 314 g/mol. The molecule has 4 heteroatoms. The molecule has 23 heavy (non-hydrogen) atoms. The topological polar surface area (TPSA) is 49.4 Å². The van der Waals surface area contributed by atoms with Gasteiger partial charge in [-0.3, -0.25) is 9.59 Å². The lowest BCUT2D eigenvalue weighted by Crippen LogP contribution is -2.40. The fraction of sp³-hybridized carbons (Fsp3) is 0.579. The van der Waals surface area contributed by atoms with Crippen molar-refractivity contribution in [3.8, 4) is 0 Å². The van der Waals surface area contributed by atoms with Crippen LogP contribution in [0, 0.1) is 19.8 Å². The van der Waals surface area contributed by atoms with Crippen molar-refractivity contribution in [3.63, 3.8) is 0 Å². The van der Waals surface area contributed by atoms with E-state index in [4.69, 9.17) is 0 Å². The minimum absolute atomic E-state index is 0.0546. The van der Waals surface area contributed by atoms with Gasteiger partial charge in [-0.2, -0.15) is 0 Å². The number of hydrogen-bond donors (Lipinski definition) is 1. The summed E-state index contributed by atoms with van der Waals surface area (Å²) in [6, 6.07) is 6.35. The summed E-state index contributed by atoms with van der Waals surface area (Å²) in [5.74, 6) is -0.103. The lowest BCUT2D eigenvalue weighted by atomic mass is 9.95. The Morgan fingerprint density at radius 1 is 1.13 bits per heavy atom. The van der Waals surface area contributed by atoms with Crippen LogP contribution in [0.3, 0.4) is 0 Å². The molecular formula is C19H26N2O2. The normalized spacial score (nSPS) is 22.4. The molecule has 1 aliphatic carbocycles. The highest BCUT2D eigenvalue weighted by molar-refractivity contribution is 6.01. The molecule has 1 saturated carbocycles.